The van der Waals surface area contributed by atoms with E-state index in [0.29, 0.717) is 0 Å². The summed E-state index contributed by atoms with van der Waals surface area (Å²) in [5.41, 5.74) is -0.374. The maximum Gasteiger partial charge on any atom is 0.573 e. The largest absolute Gasteiger partial charge is 0.573 e. The number of rotatable bonds is 5. The zero-order valence-electron chi connectivity index (χ0n) is 12.7. The van der Waals surface area contributed by atoms with Crippen LogP contribution in [0.3, 0.4) is 0 Å². The Morgan fingerprint density at radius 2 is 1.76 bits per heavy atom. The summed E-state index contributed by atoms with van der Waals surface area (Å²) < 4.78 is 72.0. The molecule has 0 saturated heterocycles. The summed E-state index contributed by atoms with van der Waals surface area (Å²) >= 11 is 0. The zero-order chi connectivity index (χ0) is 18.7. The number of methoxy groups -OCH3 is 1. The number of ether oxygens (including phenoxy) is 2. The van der Waals surface area contributed by atoms with Crippen molar-refractivity contribution in [3.05, 3.63) is 54.1 Å². The Labute approximate surface area is 141 Å². The lowest BCUT2D eigenvalue weighted by molar-refractivity contribution is -0.274. The fraction of sp³-hybridized carbons (Fsp3) is 0.133. The Balaban J connectivity index is 2.34. The Morgan fingerprint density at radius 1 is 1.08 bits per heavy atom. The highest BCUT2D eigenvalue weighted by molar-refractivity contribution is 7.92. The molecule has 0 aliphatic carbocycles. The fourth-order valence-corrected chi connectivity index (χ4v) is 3.19. The number of carbonyl (C=O) groups excluding carboxylic acids is 1. The highest BCUT2D eigenvalue weighted by Gasteiger charge is 2.31. The molecular formula is C15H12F3NO5S. The monoisotopic (exact) mass is 375 g/mol. The lowest BCUT2D eigenvalue weighted by Crippen LogP contribution is -2.18. The molecule has 0 amide bonds. The molecule has 0 fully saturated rings. The van der Waals surface area contributed by atoms with E-state index in [0.717, 1.165) is 19.2 Å². The van der Waals surface area contributed by atoms with E-state index in [-0.39, 0.29) is 16.1 Å². The number of carbonyl (C=O) groups is 1. The Kier molecular flexibility index (Phi) is 5.21. The van der Waals surface area contributed by atoms with Crippen molar-refractivity contribution in [1.82, 2.24) is 0 Å². The molecule has 0 saturated carbocycles. The van der Waals surface area contributed by atoms with Gasteiger partial charge in [0.15, 0.2) is 0 Å². The van der Waals surface area contributed by atoms with Crippen LogP contribution < -0.4 is 9.46 Å². The van der Waals surface area contributed by atoms with Crippen LogP contribution in [0.2, 0.25) is 0 Å². The second-order valence-corrected chi connectivity index (χ2v) is 6.32. The zero-order valence-corrected chi connectivity index (χ0v) is 13.5. The van der Waals surface area contributed by atoms with Gasteiger partial charge in [0.2, 0.25) is 0 Å². The molecule has 0 atom stereocenters. The molecule has 0 aliphatic rings. The molecule has 25 heavy (non-hydrogen) atoms. The number of anilines is 1. The van der Waals surface area contributed by atoms with Crippen molar-refractivity contribution in [2.75, 3.05) is 11.8 Å². The van der Waals surface area contributed by atoms with Crippen molar-refractivity contribution >= 4 is 21.7 Å². The number of alkyl halides is 3. The minimum Gasteiger partial charge on any atom is -0.465 e. The molecule has 2 aromatic rings. The van der Waals surface area contributed by atoms with Crippen LogP contribution in [0, 0.1) is 0 Å². The predicted molar refractivity (Wildman–Crippen MR) is 81.7 cm³/mol. The average molecular weight is 375 g/mol. The molecule has 0 aromatic heterocycles. The number of esters is 1. The van der Waals surface area contributed by atoms with Gasteiger partial charge in [0.1, 0.15) is 10.6 Å². The Morgan fingerprint density at radius 3 is 2.40 bits per heavy atom. The molecular weight excluding hydrogens is 363 g/mol. The van der Waals surface area contributed by atoms with Gasteiger partial charge in [0.25, 0.3) is 10.0 Å². The summed E-state index contributed by atoms with van der Waals surface area (Å²) in [6.07, 6.45) is -4.91. The van der Waals surface area contributed by atoms with Gasteiger partial charge in [0.05, 0.1) is 18.4 Å². The van der Waals surface area contributed by atoms with E-state index in [1.165, 1.54) is 36.4 Å². The first-order chi connectivity index (χ1) is 11.6. The van der Waals surface area contributed by atoms with Gasteiger partial charge in [-0.25, -0.2) is 13.2 Å². The first-order valence-electron chi connectivity index (χ1n) is 6.68. The minimum atomic E-state index is -4.91. The van der Waals surface area contributed by atoms with Crippen molar-refractivity contribution in [3.8, 4) is 5.75 Å². The van der Waals surface area contributed by atoms with Gasteiger partial charge < -0.3 is 9.47 Å². The molecule has 10 heteroatoms. The molecule has 0 unspecified atom stereocenters. The first kappa shape index (κ1) is 18.6. The molecule has 1 N–H and O–H groups in total. The van der Waals surface area contributed by atoms with Crippen LogP contribution in [0.25, 0.3) is 0 Å². The number of benzene rings is 2. The fourth-order valence-electron chi connectivity index (χ4n) is 1.95. The highest BCUT2D eigenvalue weighted by Crippen LogP contribution is 2.27. The number of hydrogen-bond donors (Lipinski definition) is 1. The van der Waals surface area contributed by atoms with Crippen LogP contribution in [-0.2, 0) is 14.8 Å². The first-order valence-corrected chi connectivity index (χ1v) is 8.17. The summed E-state index contributed by atoms with van der Waals surface area (Å²) in [5.74, 6) is -1.45. The van der Waals surface area contributed by atoms with E-state index in [1.54, 1.807) is 0 Å². The lowest BCUT2D eigenvalue weighted by atomic mass is 10.2. The molecule has 0 radical (unpaired) electrons. The Bertz CT molecular complexity index is 881. The summed E-state index contributed by atoms with van der Waals surface area (Å²) in [7, 11) is -3.15. The van der Waals surface area contributed by atoms with E-state index in [2.05, 4.69) is 14.2 Å². The normalized spacial score (nSPS) is 11.7. The van der Waals surface area contributed by atoms with E-state index < -0.39 is 28.1 Å². The molecule has 2 rings (SSSR count). The van der Waals surface area contributed by atoms with Crippen molar-refractivity contribution in [2.45, 2.75) is 11.3 Å². The van der Waals surface area contributed by atoms with Gasteiger partial charge in [-0.3, -0.25) is 4.72 Å². The van der Waals surface area contributed by atoms with Gasteiger partial charge >= 0.3 is 12.3 Å². The summed E-state index contributed by atoms with van der Waals surface area (Å²) in [4.78, 5) is 11.3. The van der Waals surface area contributed by atoms with Crippen molar-refractivity contribution in [3.63, 3.8) is 0 Å². The molecule has 0 heterocycles. The molecule has 0 bridgehead atoms. The predicted octanol–water partition coefficient (Wildman–Crippen LogP) is 3.17. The molecule has 134 valence electrons. The number of hydrogen-bond acceptors (Lipinski definition) is 5. The van der Waals surface area contributed by atoms with E-state index >= 15 is 0 Å². The molecule has 2 aromatic carbocycles. The third kappa shape index (κ3) is 4.86. The third-order valence-corrected chi connectivity index (χ3v) is 4.34. The number of sulfonamides is 1. The Hall–Kier alpha value is -2.75. The van der Waals surface area contributed by atoms with Gasteiger partial charge in [-0.2, -0.15) is 0 Å². The van der Waals surface area contributed by atoms with Crippen LogP contribution in [0.5, 0.6) is 5.75 Å². The standard InChI is InChI=1S/C15H12F3NO5S/c1-23-14(20)12-7-2-3-8-13(12)25(21,22)19-10-5-4-6-11(9-10)24-15(16,17)18/h2-9,19H,1H3. The molecule has 0 aliphatic heterocycles. The van der Waals surface area contributed by atoms with Crippen LogP contribution >= 0.6 is 0 Å². The van der Waals surface area contributed by atoms with E-state index in [4.69, 9.17) is 0 Å². The number of halogens is 3. The SMILES string of the molecule is COC(=O)c1ccccc1S(=O)(=O)Nc1cccc(OC(F)(F)F)c1. The quantitative estimate of drug-likeness (QED) is 0.812. The van der Waals surface area contributed by atoms with Gasteiger partial charge in [-0.05, 0) is 24.3 Å². The topological polar surface area (TPSA) is 81.7 Å². The molecule has 0 spiro atoms. The lowest BCUT2D eigenvalue weighted by Gasteiger charge is -2.13. The summed E-state index contributed by atoms with van der Waals surface area (Å²) in [6.45, 7) is 0. The van der Waals surface area contributed by atoms with E-state index in [9.17, 15) is 26.4 Å². The minimum absolute atomic E-state index is 0.165. The maximum absolute atomic E-state index is 12.5. The highest BCUT2D eigenvalue weighted by atomic mass is 32.2. The van der Waals surface area contributed by atoms with Crippen LogP contribution in [0.15, 0.2) is 53.4 Å². The second-order valence-electron chi connectivity index (χ2n) is 4.67. The third-order valence-electron chi connectivity index (χ3n) is 2.90. The number of nitrogens with one attached hydrogen (secondary N) is 1. The van der Waals surface area contributed by atoms with Gasteiger partial charge in [0, 0.05) is 6.07 Å². The summed E-state index contributed by atoms with van der Waals surface area (Å²) in [5, 5.41) is 0. The van der Waals surface area contributed by atoms with Gasteiger partial charge in [-0.15, -0.1) is 13.2 Å². The second kappa shape index (κ2) is 7.01. The summed E-state index contributed by atoms with van der Waals surface area (Å²) in [6, 6.07) is 9.58. The van der Waals surface area contributed by atoms with E-state index in [1.807, 2.05) is 0 Å². The van der Waals surface area contributed by atoms with Crippen molar-refractivity contribution in [2.24, 2.45) is 0 Å². The molecule has 6 nitrogen and oxygen atoms in total. The van der Waals surface area contributed by atoms with Crippen LogP contribution in [-0.4, -0.2) is 27.9 Å². The van der Waals surface area contributed by atoms with Gasteiger partial charge in [-0.1, -0.05) is 18.2 Å². The maximum atomic E-state index is 12.5. The average Bonchev–Trinajstić information content (AvgIpc) is 2.52. The van der Waals surface area contributed by atoms with Crippen LogP contribution in [0.4, 0.5) is 18.9 Å². The van der Waals surface area contributed by atoms with Crippen LogP contribution in [0.1, 0.15) is 10.4 Å². The van der Waals surface area contributed by atoms with Crippen molar-refractivity contribution < 1.29 is 35.9 Å². The van der Waals surface area contributed by atoms with Crippen molar-refractivity contribution in [1.29, 1.82) is 0 Å². The smallest absolute Gasteiger partial charge is 0.465 e.